The molecule has 92 valence electrons. The van der Waals surface area contributed by atoms with E-state index in [1.807, 2.05) is 0 Å². The zero-order valence-electron chi connectivity index (χ0n) is 9.32. The van der Waals surface area contributed by atoms with Gasteiger partial charge >= 0.3 is 12.0 Å². The molecule has 0 unspecified atom stereocenters. The van der Waals surface area contributed by atoms with Gasteiger partial charge in [0.2, 0.25) is 5.91 Å². The first-order valence-electron chi connectivity index (χ1n) is 4.91. The molecule has 0 fully saturated rings. The lowest BCUT2D eigenvalue weighted by Crippen LogP contribution is -2.48. The lowest BCUT2D eigenvalue weighted by Gasteiger charge is -2.15. The Morgan fingerprint density at radius 2 is 1.81 bits per heavy atom. The van der Waals surface area contributed by atoms with Crippen LogP contribution in [-0.2, 0) is 9.59 Å². The van der Waals surface area contributed by atoms with Crippen LogP contribution in [0.4, 0.5) is 4.79 Å². The number of amides is 3. The molecule has 0 spiro atoms. The zero-order valence-corrected chi connectivity index (χ0v) is 9.32. The highest BCUT2D eigenvalue weighted by atomic mass is 16.4. The minimum Gasteiger partial charge on any atom is -0.480 e. The van der Waals surface area contributed by atoms with Gasteiger partial charge in [-0.3, -0.25) is 4.79 Å². The fourth-order valence-corrected chi connectivity index (χ4v) is 1.01. The Kier molecular flexibility index (Phi) is 5.91. The van der Waals surface area contributed by atoms with Gasteiger partial charge in [-0.25, -0.2) is 9.59 Å². The summed E-state index contributed by atoms with van der Waals surface area (Å²) in [5.41, 5.74) is 4.89. The number of rotatable bonds is 6. The lowest BCUT2D eigenvalue weighted by molar-refractivity contribution is -0.139. The van der Waals surface area contributed by atoms with Crippen molar-refractivity contribution in [3.63, 3.8) is 0 Å². The number of carbonyl (C=O) groups is 3. The van der Waals surface area contributed by atoms with Crippen molar-refractivity contribution in [2.24, 2.45) is 5.73 Å². The number of urea groups is 1. The van der Waals surface area contributed by atoms with Crippen molar-refractivity contribution < 1.29 is 19.5 Å². The van der Waals surface area contributed by atoms with E-state index < -0.39 is 23.9 Å². The molecule has 7 heteroatoms. The summed E-state index contributed by atoms with van der Waals surface area (Å²) < 4.78 is 0. The van der Waals surface area contributed by atoms with Crippen molar-refractivity contribution in [1.29, 1.82) is 0 Å². The summed E-state index contributed by atoms with van der Waals surface area (Å²) in [7, 11) is 0. The molecule has 3 amide bonds. The van der Waals surface area contributed by atoms with Crippen LogP contribution in [0.15, 0.2) is 0 Å². The number of carbonyl (C=O) groups excluding carboxylic acids is 2. The van der Waals surface area contributed by atoms with Crippen molar-refractivity contribution in [3.8, 4) is 0 Å². The summed E-state index contributed by atoms with van der Waals surface area (Å²) in [4.78, 5) is 32.4. The monoisotopic (exact) mass is 231 g/mol. The second-order valence-electron chi connectivity index (χ2n) is 3.67. The van der Waals surface area contributed by atoms with Gasteiger partial charge < -0.3 is 21.5 Å². The van der Waals surface area contributed by atoms with Crippen LogP contribution >= 0.6 is 0 Å². The molecule has 0 rings (SSSR count). The minimum absolute atomic E-state index is 0.0177. The van der Waals surface area contributed by atoms with E-state index >= 15 is 0 Å². The summed E-state index contributed by atoms with van der Waals surface area (Å²) >= 11 is 0. The van der Waals surface area contributed by atoms with E-state index in [0.29, 0.717) is 0 Å². The first-order chi connectivity index (χ1) is 7.32. The molecule has 0 aliphatic carbocycles. The molecule has 0 aliphatic rings. The summed E-state index contributed by atoms with van der Waals surface area (Å²) in [5.74, 6) is -1.79. The summed E-state index contributed by atoms with van der Waals surface area (Å²) in [6, 6.07) is -1.77. The van der Waals surface area contributed by atoms with Gasteiger partial charge in [0.25, 0.3) is 0 Å². The van der Waals surface area contributed by atoms with Crippen LogP contribution in [0.25, 0.3) is 0 Å². The van der Waals surface area contributed by atoms with Gasteiger partial charge in [-0.15, -0.1) is 0 Å². The van der Waals surface area contributed by atoms with Crippen LogP contribution in [-0.4, -0.2) is 35.1 Å². The van der Waals surface area contributed by atoms with Crippen molar-refractivity contribution >= 4 is 17.9 Å². The number of hydrogen-bond acceptors (Lipinski definition) is 3. The Morgan fingerprint density at radius 1 is 1.25 bits per heavy atom. The predicted octanol–water partition coefficient (Wildman–Crippen LogP) is -0.587. The van der Waals surface area contributed by atoms with E-state index in [0.717, 1.165) is 0 Å². The quantitative estimate of drug-likeness (QED) is 0.488. The maximum absolute atomic E-state index is 11.2. The molecule has 0 aliphatic heterocycles. The van der Waals surface area contributed by atoms with Gasteiger partial charge in [0.05, 0.1) is 0 Å². The van der Waals surface area contributed by atoms with Crippen molar-refractivity contribution in [1.82, 2.24) is 10.6 Å². The SMILES string of the molecule is CC(C)NC(=O)N[C@H](CCC(N)=O)C(=O)O. The van der Waals surface area contributed by atoms with Crippen LogP contribution in [0.2, 0.25) is 0 Å². The fourth-order valence-electron chi connectivity index (χ4n) is 1.01. The molecule has 0 aromatic rings. The third-order valence-corrected chi connectivity index (χ3v) is 1.70. The third kappa shape index (κ3) is 6.63. The molecule has 0 radical (unpaired) electrons. The van der Waals surface area contributed by atoms with Crippen LogP contribution < -0.4 is 16.4 Å². The highest BCUT2D eigenvalue weighted by Gasteiger charge is 2.20. The normalized spacial score (nSPS) is 11.9. The highest BCUT2D eigenvalue weighted by molar-refractivity contribution is 5.83. The Hall–Kier alpha value is -1.79. The van der Waals surface area contributed by atoms with Crippen LogP contribution in [0.5, 0.6) is 0 Å². The smallest absolute Gasteiger partial charge is 0.326 e. The molecule has 1 atom stereocenters. The van der Waals surface area contributed by atoms with E-state index in [1.54, 1.807) is 13.8 Å². The molecule has 16 heavy (non-hydrogen) atoms. The molecule has 0 bridgehead atoms. The van der Waals surface area contributed by atoms with Gasteiger partial charge in [0.15, 0.2) is 0 Å². The molecule has 0 aromatic heterocycles. The van der Waals surface area contributed by atoms with Gasteiger partial charge in [-0.05, 0) is 20.3 Å². The van der Waals surface area contributed by atoms with Gasteiger partial charge in [0.1, 0.15) is 6.04 Å². The second-order valence-corrected chi connectivity index (χ2v) is 3.67. The first kappa shape index (κ1) is 14.2. The Morgan fingerprint density at radius 3 is 2.19 bits per heavy atom. The number of carboxylic acids is 1. The Bertz CT molecular complexity index is 278. The molecule has 0 saturated carbocycles. The van der Waals surface area contributed by atoms with E-state index in [-0.39, 0.29) is 18.9 Å². The molecule has 5 N–H and O–H groups in total. The van der Waals surface area contributed by atoms with Gasteiger partial charge in [-0.1, -0.05) is 0 Å². The number of nitrogens with two attached hydrogens (primary N) is 1. The predicted molar refractivity (Wildman–Crippen MR) is 56.7 cm³/mol. The third-order valence-electron chi connectivity index (χ3n) is 1.70. The Labute approximate surface area is 93.4 Å². The number of hydrogen-bond donors (Lipinski definition) is 4. The summed E-state index contributed by atoms with van der Waals surface area (Å²) in [6.45, 7) is 3.50. The van der Waals surface area contributed by atoms with Crippen LogP contribution in [0.1, 0.15) is 26.7 Å². The molecular weight excluding hydrogens is 214 g/mol. The standard InChI is InChI=1S/C9H17N3O4/c1-5(2)11-9(16)12-6(8(14)15)3-4-7(10)13/h5-6H,3-4H2,1-2H3,(H2,10,13)(H,14,15)(H2,11,12,16)/t6-/m1/s1. The molecule has 0 saturated heterocycles. The minimum atomic E-state index is -1.19. The van der Waals surface area contributed by atoms with Gasteiger partial charge in [0, 0.05) is 12.5 Å². The number of primary amides is 1. The molecule has 0 aromatic carbocycles. The summed E-state index contributed by atoms with van der Waals surface area (Å²) in [5, 5.41) is 13.5. The highest BCUT2D eigenvalue weighted by Crippen LogP contribution is 1.97. The Balaban J connectivity index is 4.17. The van der Waals surface area contributed by atoms with Crippen molar-refractivity contribution in [2.45, 2.75) is 38.8 Å². The maximum Gasteiger partial charge on any atom is 0.326 e. The van der Waals surface area contributed by atoms with Gasteiger partial charge in [-0.2, -0.15) is 0 Å². The average Bonchev–Trinajstić information content (AvgIpc) is 2.09. The fraction of sp³-hybridized carbons (Fsp3) is 0.667. The van der Waals surface area contributed by atoms with Crippen LogP contribution in [0, 0.1) is 0 Å². The first-order valence-corrected chi connectivity index (χ1v) is 4.91. The van der Waals surface area contributed by atoms with E-state index in [9.17, 15) is 14.4 Å². The summed E-state index contributed by atoms with van der Waals surface area (Å²) in [6.07, 6.45) is -0.102. The lowest BCUT2D eigenvalue weighted by atomic mass is 10.1. The van der Waals surface area contributed by atoms with E-state index in [2.05, 4.69) is 10.6 Å². The largest absolute Gasteiger partial charge is 0.480 e. The number of carboxylic acid groups (broad SMARTS) is 1. The molecule has 0 heterocycles. The van der Waals surface area contributed by atoms with E-state index in [1.165, 1.54) is 0 Å². The zero-order chi connectivity index (χ0) is 12.7. The van der Waals surface area contributed by atoms with Crippen LogP contribution in [0.3, 0.4) is 0 Å². The average molecular weight is 231 g/mol. The number of nitrogens with one attached hydrogen (secondary N) is 2. The second kappa shape index (κ2) is 6.65. The maximum atomic E-state index is 11.2. The molecular formula is C9H17N3O4. The van der Waals surface area contributed by atoms with Crippen molar-refractivity contribution in [3.05, 3.63) is 0 Å². The topological polar surface area (TPSA) is 122 Å². The number of aliphatic carboxylic acids is 1. The van der Waals surface area contributed by atoms with E-state index in [4.69, 9.17) is 10.8 Å². The molecule has 7 nitrogen and oxygen atoms in total. The van der Waals surface area contributed by atoms with Crippen molar-refractivity contribution in [2.75, 3.05) is 0 Å².